The summed E-state index contributed by atoms with van der Waals surface area (Å²) in [5, 5.41) is 15.0. The van der Waals surface area contributed by atoms with Crippen LogP contribution in [0.15, 0.2) is 30.5 Å². The van der Waals surface area contributed by atoms with Gasteiger partial charge >= 0.3 is 0 Å². The summed E-state index contributed by atoms with van der Waals surface area (Å²) in [5.74, 6) is 0.774. The largest absolute Gasteiger partial charge is 0.497 e. The average molecular weight is 354 g/mol. The molecule has 1 atom stereocenters. The van der Waals surface area contributed by atoms with Gasteiger partial charge in [-0.25, -0.2) is 0 Å². The molecule has 0 fully saturated rings. The molecular formula is C18H28ClN3O2. The molecular weight excluding hydrogens is 326 g/mol. The molecule has 0 aliphatic rings. The van der Waals surface area contributed by atoms with Crippen molar-refractivity contribution < 1.29 is 9.84 Å². The summed E-state index contributed by atoms with van der Waals surface area (Å²) < 4.78 is 5.36. The van der Waals surface area contributed by atoms with Crippen molar-refractivity contribution in [2.24, 2.45) is 0 Å². The topological polar surface area (TPSA) is 57.6 Å². The Morgan fingerprint density at radius 3 is 2.62 bits per heavy atom. The van der Waals surface area contributed by atoms with Gasteiger partial charge in [-0.1, -0.05) is 19.9 Å². The number of fused-ring (bicyclic) bond motifs is 1. The van der Waals surface area contributed by atoms with Crippen LogP contribution in [-0.2, 0) is 0 Å². The van der Waals surface area contributed by atoms with E-state index in [0.29, 0.717) is 13.1 Å². The molecule has 0 bridgehead atoms. The number of benzene rings is 1. The number of rotatable bonds is 8. The van der Waals surface area contributed by atoms with E-state index in [1.165, 1.54) is 0 Å². The van der Waals surface area contributed by atoms with Crippen molar-refractivity contribution in [3.63, 3.8) is 0 Å². The zero-order chi connectivity index (χ0) is 16.9. The van der Waals surface area contributed by atoms with Crippen molar-refractivity contribution in [1.29, 1.82) is 0 Å². The second-order valence-electron chi connectivity index (χ2n) is 6.06. The number of methoxy groups -OCH3 is 1. The van der Waals surface area contributed by atoms with Gasteiger partial charge in [-0.05, 0) is 32.1 Å². The second-order valence-corrected chi connectivity index (χ2v) is 6.06. The third kappa shape index (κ3) is 5.23. The van der Waals surface area contributed by atoms with E-state index in [9.17, 15) is 5.11 Å². The fourth-order valence-corrected chi connectivity index (χ4v) is 2.69. The summed E-state index contributed by atoms with van der Waals surface area (Å²) in [7, 11) is 1.65. The number of nitrogens with zero attached hydrogens (tertiary/aromatic N) is 2. The number of aromatic nitrogens is 1. The first-order valence-corrected chi connectivity index (χ1v) is 8.10. The molecule has 1 unspecified atom stereocenters. The van der Waals surface area contributed by atoms with E-state index in [-0.39, 0.29) is 12.4 Å². The van der Waals surface area contributed by atoms with E-state index >= 15 is 0 Å². The van der Waals surface area contributed by atoms with Crippen LogP contribution in [-0.4, -0.2) is 53.9 Å². The van der Waals surface area contributed by atoms with Gasteiger partial charge in [-0.2, -0.15) is 0 Å². The van der Waals surface area contributed by atoms with Gasteiger partial charge in [-0.3, -0.25) is 4.98 Å². The first-order chi connectivity index (χ1) is 11.0. The van der Waals surface area contributed by atoms with Crippen LogP contribution in [0.4, 0.5) is 5.69 Å². The highest BCUT2D eigenvalue weighted by molar-refractivity contribution is 5.91. The fourth-order valence-electron chi connectivity index (χ4n) is 2.69. The Bertz CT molecular complexity index is 645. The Kier molecular flexibility index (Phi) is 7.73. The molecule has 0 spiro atoms. The van der Waals surface area contributed by atoms with Gasteiger partial charge in [0.2, 0.25) is 0 Å². The lowest BCUT2D eigenvalue weighted by atomic mass is 10.1. The maximum atomic E-state index is 10.7. The summed E-state index contributed by atoms with van der Waals surface area (Å²) in [6, 6.07) is 7.79. The van der Waals surface area contributed by atoms with E-state index in [4.69, 9.17) is 4.74 Å². The highest BCUT2D eigenvalue weighted by Crippen LogP contribution is 2.28. The quantitative estimate of drug-likeness (QED) is 0.763. The first-order valence-electron chi connectivity index (χ1n) is 8.10. The van der Waals surface area contributed by atoms with Gasteiger partial charge in [0.1, 0.15) is 5.75 Å². The maximum absolute atomic E-state index is 10.7. The van der Waals surface area contributed by atoms with Crippen molar-refractivity contribution in [2.75, 3.05) is 38.6 Å². The van der Waals surface area contributed by atoms with Gasteiger partial charge in [0.15, 0.2) is 0 Å². The minimum atomic E-state index is -0.823. The van der Waals surface area contributed by atoms with Crippen molar-refractivity contribution in [1.82, 2.24) is 9.88 Å². The van der Waals surface area contributed by atoms with Gasteiger partial charge in [0, 0.05) is 30.7 Å². The average Bonchev–Trinajstić information content (AvgIpc) is 2.57. The predicted molar refractivity (Wildman–Crippen MR) is 102 cm³/mol. The molecule has 6 heteroatoms. The van der Waals surface area contributed by atoms with Crippen LogP contribution in [0.25, 0.3) is 10.9 Å². The molecule has 24 heavy (non-hydrogen) atoms. The molecule has 0 aliphatic carbocycles. The van der Waals surface area contributed by atoms with Gasteiger partial charge in [0.05, 0.1) is 23.9 Å². The molecule has 5 nitrogen and oxygen atoms in total. The molecule has 134 valence electrons. The van der Waals surface area contributed by atoms with Crippen LogP contribution in [0.1, 0.15) is 20.8 Å². The van der Waals surface area contributed by atoms with Crippen LogP contribution in [0.5, 0.6) is 5.75 Å². The molecule has 1 aromatic carbocycles. The summed E-state index contributed by atoms with van der Waals surface area (Å²) in [6.07, 6.45) is 1.77. The number of anilines is 1. The molecule has 1 aromatic heterocycles. The van der Waals surface area contributed by atoms with Crippen molar-refractivity contribution in [3.05, 3.63) is 30.5 Å². The minimum Gasteiger partial charge on any atom is -0.497 e. The van der Waals surface area contributed by atoms with Gasteiger partial charge in [0.25, 0.3) is 0 Å². The highest BCUT2D eigenvalue weighted by Gasteiger charge is 2.23. The molecule has 0 radical (unpaired) electrons. The summed E-state index contributed by atoms with van der Waals surface area (Å²) in [5.41, 5.74) is 0.933. The standard InChI is InChI=1S/C18H27N3O2.ClH/c1-5-21(6-2)13-18(3,22)12-20-16-11-15(23-4)10-14-8-7-9-19-17(14)16;/h7-11,20,22H,5-6,12-13H2,1-4H3;1H. The molecule has 0 saturated carbocycles. The van der Waals surface area contributed by atoms with Crippen LogP contribution < -0.4 is 10.1 Å². The predicted octanol–water partition coefficient (Wildman–Crippen LogP) is 3.17. The molecule has 2 N–H and O–H groups in total. The Hall–Kier alpha value is -1.56. The number of likely N-dealkylation sites (N-methyl/N-ethyl adjacent to an activating group) is 1. The summed E-state index contributed by atoms with van der Waals surface area (Å²) in [4.78, 5) is 6.65. The van der Waals surface area contributed by atoms with E-state index in [0.717, 1.165) is 35.4 Å². The van der Waals surface area contributed by atoms with Crippen LogP contribution in [0.3, 0.4) is 0 Å². The highest BCUT2D eigenvalue weighted by atomic mass is 35.5. The smallest absolute Gasteiger partial charge is 0.121 e. The van der Waals surface area contributed by atoms with Gasteiger partial charge in [-0.15, -0.1) is 12.4 Å². The second kappa shape index (κ2) is 9.06. The lowest BCUT2D eigenvalue weighted by Gasteiger charge is -2.30. The Balaban J connectivity index is 0.00000288. The SMILES string of the molecule is CCN(CC)CC(C)(O)CNc1cc(OC)cc2cccnc12.Cl. The number of aliphatic hydroxyl groups is 1. The number of halogens is 1. The Morgan fingerprint density at radius 1 is 1.29 bits per heavy atom. The van der Waals surface area contributed by atoms with Crippen molar-refractivity contribution >= 4 is 29.0 Å². The number of hydrogen-bond acceptors (Lipinski definition) is 5. The monoisotopic (exact) mass is 353 g/mol. The first kappa shape index (κ1) is 20.5. The number of pyridine rings is 1. The Morgan fingerprint density at radius 2 is 2.00 bits per heavy atom. The number of hydrogen-bond donors (Lipinski definition) is 2. The van der Waals surface area contributed by atoms with Crippen LogP contribution in [0, 0.1) is 0 Å². The molecule has 0 aliphatic heterocycles. The number of nitrogens with one attached hydrogen (secondary N) is 1. The lowest BCUT2D eigenvalue weighted by molar-refractivity contribution is 0.0342. The summed E-state index contributed by atoms with van der Waals surface area (Å²) in [6.45, 7) is 8.99. The van der Waals surface area contributed by atoms with Crippen molar-refractivity contribution in [2.45, 2.75) is 26.4 Å². The zero-order valence-corrected chi connectivity index (χ0v) is 15.7. The Labute approximate surface area is 150 Å². The molecule has 0 saturated heterocycles. The normalized spacial score (nSPS) is 13.4. The van der Waals surface area contributed by atoms with E-state index < -0.39 is 5.60 Å². The molecule has 2 rings (SSSR count). The third-order valence-electron chi connectivity index (χ3n) is 4.03. The van der Waals surface area contributed by atoms with Crippen molar-refractivity contribution in [3.8, 4) is 5.75 Å². The van der Waals surface area contributed by atoms with Crippen LogP contribution in [0.2, 0.25) is 0 Å². The van der Waals surface area contributed by atoms with E-state index in [1.54, 1.807) is 13.3 Å². The van der Waals surface area contributed by atoms with Gasteiger partial charge < -0.3 is 20.1 Å². The molecule has 1 heterocycles. The minimum absolute atomic E-state index is 0. The molecule has 2 aromatic rings. The maximum Gasteiger partial charge on any atom is 0.121 e. The zero-order valence-electron chi connectivity index (χ0n) is 14.9. The molecule has 0 amide bonds. The lowest BCUT2D eigenvalue weighted by Crippen LogP contribution is -2.45. The van der Waals surface area contributed by atoms with Crippen LogP contribution >= 0.6 is 12.4 Å². The fraction of sp³-hybridized carbons (Fsp3) is 0.500. The number of ether oxygens (including phenoxy) is 1. The third-order valence-corrected chi connectivity index (χ3v) is 4.03. The summed E-state index contributed by atoms with van der Waals surface area (Å²) >= 11 is 0. The van der Waals surface area contributed by atoms with E-state index in [1.807, 2.05) is 31.2 Å². The van der Waals surface area contributed by atoms with E-state index in [2.05, 4.69) is 29.0 Å².